The van der Waals surface area contributed by atoms with Crippen LogP contribution in [0, 0.1) is 5.82 Å². The maximum Gasteiger partial charge on any atom is 0.323 e. The van der Waals surface area contributed by atoms with Crippen LogP contribution < -0.4 is 5.73 Å². The lowest BCUT2D eigenvalue weighted by Crippen LogP contribution is -2.55. The summed E-state index contributed by atoms with van der Waals surface area (Å²) in [6.07, 6.45) is 0.856. The number of rotatable bonds is 3. The van der Waals surface area contributed by atoms with Crippen LogP contribution in [-0.2, 0) is 11.3 Å². The van der Waals surface area contributed by atoms with Crippen molar-refractivity contribution in [3.05, 3.63) is 35.6 Å². The van der Waals surface area contributed by atoms with Gasteiger partial charge in [0.2, 0.25) is 0 Å². The zero-order valence-corrected chi connectivity index (χ0v) is 10.1. The molecule has 1 heterocycles. The van der Waals surface area contributed by atoms with E-state index in [1.54, 1.807) is 6.07 Å². The number of piperidine rings is 1. The van der Waals surface area contributed by atoms with Gasteiger partial charge in [0.15, 0.2) is 0 Å². The van der Waals surface area contributed by atoms with Gasteiger partial charge < -0.3 is 10.8 Å². The fraction of sp³-hybridized carbons (Fsp3) is 0.462. The summed E-state index contributed by atoms with van der Waals surface area (Å²) >= 11 is 0. The fourth-order valence-corrected chi connectivity index (χ4v) is 2.22. The summed E-state index contributed by atoms with van der Waals surface area (Å²) in [5, 5.41) is 9.02. The minimum Gasteiger partial charge on any atom is -0.480 e. The Bertz CT molecular complexity index is 442. The number of nitrogens with two attached hydrogens (primary N) is 1. The molecule has 2 rings (SSSR count). The van der Waals surface area contributed by atoms with E-state index < -0.39 is 11.5 Å². The molecule has 5 heteroatoms. The van der Waals surface area contributed by atoms with E-state index in [4.69, 9.17) is 10.8 Å². The first-order valence-electron chi connectivity index (χ1n) is 5.99. The molecule has 0 atom stereocenters. The van der Waals surface area contributed by atoms with E-state index in [-0.39, 0.29) is 5.82 Å². The van der Waals surface area contributed by atoms with Crippen LogP contribution in [-0.4, -0.2) is 34.6 Å². The molecule has 0 radical (unpaired) electrons. The van der Waals surface area contributed by atoms with Crippen molar-refractivity contribution in [1.29, 1.82) is 0 Å². The SMILES string of the molecule is NC1(C(=O)O)CCN(Cc2cccc(F)c2)CC1. The molecule has 1 aliphatic rings. The first-order valence-corrected chi connectivity index (χ1v) is 5.99. The molecule has 0 spiro atoms. The van der Waals surface area contributed by atoms with Crippen LogP contribution >= 0.6 is 0 Å². The number of carboxylic acid groups (broad SMARTS) is 1. The number of hydrogen-bond donors (Lipinski definition) is 2. The molecule has 0 aromatic heterocycles. The average Bonchev–Trinajstić information content (AvgIpc) is 2.32. The number of carboxylic acids is 1. The van der Waals surface area contributed by atoms with Gasteiger partial charge >= 0.3 is 5.97 Å². The number of nitrogens with zero attached hydrogens (tertiary/aromatic N) is 1. The minimum absolute atomic E-state index is 0.247. The zero-order chi connectivity index (χ0) is 13.2. The molecule has 1 saturated heterocycles. The monoisotopic (exact) mass is 252 g/mol. The van der Waals surface area contributed by atoms with Crippen molar-refractivity contribution in [3.63, 3.8) is 0 Å². The molecule has 0 bridgehead atoms. The van der Waals surface area contributed by atoms with Gasteiger partial charge in [-0.1, -0.05) is 12.1 Å². The summed E-state index contributed by atoms with van der Waals surface area (Å²) in [4.78, 5) is 13.1. The first kappa shape index (κ1) is 13.0. The number of likely N-dealkylation sites (tertiary alicyclic amines) is 1. The molecular weight excluding hydrogens is 235 g/mol. The van der Waals surface area contributed by atoms with E-state index in [9.17, 15) is 9.18 Å². The highest BCUT2D eigenvalue weighted by Gasteiger charge is 2.37. The smallest absolute Gasteiger partial charge is 0.323 e. The van der Waals surface area contributed by atoms with E-state index in [1.165, 1.54) is 12.1 Å². The summed E-state index contributed by atoms with van der Waals surface area (Å²) in [5.41, 5.74) is 5.59. The average molecular weight is 252 g/mol. The number of aliphatic carboxylic acids is 1. The molecule has 4 nitrogen and oxygen atoms in total. The van der Waals surface area contributed by atoms with Crippen molar-refractivity contribution in [2.45, 2.75) is 24.9 Å². The Morgan fingerprint density at radius 1 is 1.44 bits per heavy atom. The Hall–Kier alpha value is -1.46. The predicted octanol–water partition coefficient (Wildman–Crippen LogP) is 1.20. The third-order valence-corrected chi connectivity index (χ3v) is 3.47. The van der Waals surface area contributed by atoms with Gasteiger partial charge in [-0.25, -0.2) is 4.39 Å². The van der Waals surface area contributed by atoms with Gasteiger partial charge in [0.25, 0.3) is 0 Å². The van der Waals surface area contributed by atoms with Crippen LogP contribution in [0.5, 0.6) is 0 Å². The number of halogens is 1. The van der Waals surface area contributed by atoms with Crippen LogP contribution in [0.1, 0.15) is 18.4 Å². The summed E-state index contributed by atoms with van der Waals surface area (Å²) in [6.45, 7) is 1.88. The zero-order valence-electron chi connectivity index (χ0n) is 10.1. The molecule has 1 aliphatic heterocycles. The van der Waals surface area contributed by atoms with Crippen LogP contribution in [0.2, 0.25) is 0 Å². The third kappa shape index (κ3) is 2.86. The molecule has 0 amide bonds. The van der Waals surface area contributed by atoms with Gasteiger partial charge in [-0.15, -0.1) is 0 Å². The molecule has 0 aliphatic carbocycles. The van der Waals surface area contributed by atoms with Gasteiger partial charge in [0, 0.05) is 19.6 Å². The van der Waals surface area contributed by atoms with Crippen molar-refractivity contribution < 1.29 is 14.3 Å². The quantitative estimate of drug-likeness (QED) is 0.848. The van der Waals surface area contributed by atoms with E-state index in [0.717, 1.165) is 5.56 Å². The second kappa shape index (κ2) is 5.04. The highest BCUT2D eigenvalue weighted by Crippen LogP contribution is 2.21. The molecule has 98 valence electrons. The number of carbonyl (C=O) groups is 1. The lowest BCUT2D eigenvalue weighted by molar-refractivity contribution is -0.145. The molecule has 0 saturated carbocycles. The Morgan fingerprint density at radius 3 is 2.67 bits per heavy atom. The Morgan fingerprint density at radius 2 is 2.11 bits per heavy atom. The normalized spacial score (nSPS) is 19.7. The van der Waals surface area contributed by atoms with Crippen LogP contribution in [0.25, 0.3) is 0 Å². The lowest BCUT2D eigenvalue weighted by Gasteiger charge is -2.36. The standard InChI is InChI=1S/C13H17FN2O2/c14-11-3-1-2-10(8-11)9-16-6-4-13(15,5-7-16)12(17)18/h1-3,8H,4-7,9,15H2,(H,17,18). The summed E-state index contributed by atoms with van der Waals surface area (Å²) in [7, 11) is 0. The van der Waals surface area contributed by atoms with Crippen molar-refractivity contribution >= 4 is 5.97 Å². The highest BCUT2D eigenvalue weighted by molar-refractivity contribution is 5.78. The highest BCUT2D eigenvalue weighted by atomic mass is 19.1. The molecule has 0 unspecified atom stereocenters. The molecule has 1 aromatic rings. The Kier molecular flexibility index (Phi) is 3.63. The predicted molar refractivity (Wildman–Crippen MR) is 65.5 cm³/mol. The van der Waals surface area contributed by atoms with Crippen molar-refractivity contribution in [1.82, 2.24) is 4.90 Å². The van der Waals surface area contributed by atoms with Crippen molar-refractivity contribution in [3.8, 4) is 0 Å². The fourth-order valence-electron chi connectivity index (χ4n) is 2.22. The summed E-state index contributed by atoms with van der Waals surface area (Å²) in [5.74, 6) is -1.18. The van der Waals surface area contributed by atoms with E-state index >= 15 is 0 Å². The van der Waals surface area contributed by atoms with Crippen LogP contribution in [0.15, 0.2) is 24.3 Å². The number of benzene rings is 1. The molecule has 1 fully saturated rings. The second-order valence-corrected chi connectivity index (χ2v) is 4.87. The largest absolute Gasteiger partial charge is 0.480 e. The van der Waals surface area contributed by atoms with Gasteiger partial charge in [-0.2, -0.15) is 0 Å². The maximum atomic E-state index is 13.0. The summed E-state index contributed by atoms with van der Waals surface area (Å²) < 4.78 is 13.0. The molecular formula is C13H17FN2O2. The molecule has 18 heavy (non-hydrogen) atoms. The Balaban J connectivity index is 1.93. The second-order valence-electron chi connectivity index (χ2n) is 4.87. The van der Waals surface area contributed by atoms with E-state index in [1.807, 2.05) is 6.07 Å². The first-order chi connectivity index (χ1) is 8.49. The third-order valence-electron chi connectivity index (χ3n) is 3.47. The van der Waals surface area contributed by atoms with Crippen LogP contribution in [0.3, 0.4) is 0 Å². The van der Waals surface area contributed by atoms with E-state index in [0.29, 0.717) is 32.5 Å². The van der Waals surface area contributed by atoms with Crippen molar-refractivity contribution in [2.75, 3.05) is 13.1 Å². The van der Waals surface area contributed by atoms with Gasteiger partial charge in [0.05, 0.1) is 0 Å². The minimum atomic E-state index is -1.10. The van der Waals surface area contributed by atoms with Crippen LogP contribution in [0.4, 0.5) is 4.39 Å². The van der Waals surface area contributed by atoms with Gasteiger partial charge in [0.1, 0.15) is 11.4 Å². The topological polar surface area (TPSA) is 66.6 Å². The maximum absolute atomic E-state index is 13.0. The van der Waals surface area contributed by atoms with Crippen molar-refractivity contribution in [2.24, 2.45) is 5.73 Å². The molecule has 3 N–H and O–H groups in total. The summed E-state index contributed by atoms with van der Waals surface area (Å²) in [6, 6.07) is 6.46. The van der Waals surface area contributed by atoms with Gasteiger partial charge in [-0.3, -0.25) is 9.69 Å². The van der Waals surface area contributed by atoms with E-state index in [2.05, 4.69) is 4.90 Å². The van der Waals surface area contributed by atoms with Gasteiger partial charge in [-0.05, 0) is 30.5 Å². The number of hydrogen-bond acceptors (Lipinski definition) is 3. The Labute approximate surface area is 105 Å². The molecule has 1 aromatic carbocycles. The lowest BCUT2D eigenvalue weighted by atomic mass is 9.88.